The molecule has 1 unspecified atom stereocenters. The molecule has 3 rings (SSSR count). The van der Waals surface area contributed by atoms with Crippen molar-refractivity contribution in [3.8, 4) is 5.75 Å². The maximum Gasteiger partial charge on any atom is 0.170 e. The second kappa shape index (κ2) is 5.20. The molecule has 0 radical (unpaired) electrons. The molecule has 2 N–H and O–H groups in total. The number of fused-ring (bicyclic) bond motifs is 1. The molecule has 2 aromatic carbocycles. The molecule has 21 heavy (non-hydrogen) atoms. The van der Waals surface area contributed by atoms with E-state index in [1.807, 2.05) is 19.1 Å². The number of ether oxygens (including phenoxy) is 1. The van der Waals surface area contributed by atoms with Crippen molar-refractivity contribution in [2.45, 2.75) is 25.9 Å². The summed E-state index contributed by atoms with van der Waals surface area (Å²) in [6, 6.07) is 9.67. The first-order valence-corrected chi connectivity index (χ1v) is 6.96. The van der Waals surface area contributed by atoms with Crippen LogP contribution in [0.2, 0.25) is 0 Å². The van der Waals surface area contributed by atoms with Gasteiger partial charge in [-0.15, -0.1) is 0 Å². The highest BCUT2D eigenvalue weighted by Gasteiger charge is 2.29. The number of Topliss-reactive ketones (excluding diaryl/α,β-unsaturated/α-hetero) is 1. The van der Waals surface area contributed by atoms with Crippen LogP contribution in [0.25, 0.3) is 0 Å². The maximum atomic E-state index is 13.0. The Morgan fingerprint density at radius 3 is 2.67 bits per heavy atom. The van der Waals surface area contributed by atoms with E-state index in [0.717, 1.165) is 17.5 Å². The molecule has 4 heteroatoms. The molecular weight excluding hydrogens is 269 g/mol. The first-order chi connectivity index (χ1) is 10.1. The van der Waals surface area contributed by atoms with Crippen LogP contribution in [-0.2, 0) is 6.42 Å². The average molecular weight is 285 g/mol. The summed E-state index contributed by atoms with van der Waals surface area (Å²) in [5.41, 5.74) is 8.82. The SMILES string of the molecule is CCc1cc(N)c2c(c1)C(=O)CC(c1ccc(F)cc1)O2. The lowest BCUT2D eigenvalue weighted by molar-refractivity contribution is 0.0851. The van der Waals surface area contributed by atoms with E-state index in [9.17, 15) is 9.18 Å². The quantitative estimate of drug-likeness (QED) is 0.856. The molecule has 1 heterocycles. The molecule has 0 fully saturated rings. The Morgan fingerprint density at radius 2 is 2.00 bits per heavy atom. The van der Waals surface area contributed by atoms with E-state index in [0.29, 0.717) is 17.0 Å². The van der Waals surface area contributed by atoms with E-state index in [1.54, 1.807) is 12.1 Å². The zero-order chi connectivity index (χ0) is 15.0. The molecule has 0 spiro atoms. The third-order valence-corrected chi connectivity index (χ3v) is 3.76. The number of benzene rings is 2. The first-order valence-electron chi connectivity index (χ1n) is 6.96. The Morgan fingerprint density at radius 1 is 1.29 bits per heavy atom. The van der Waals surface area contributed by atoms with Crippen molar-refractivity contribution < 1.29 is 13.9 Å². The van der Waals surface area contributed by atoms with Gasteiger partial charge in [-0.05, 0) is 41.8 Å². The molecule has 0 aromatic heterocycles. The Labute approximate surface area is 122 Å². The Hall–Kier alpha value is -2.36. The number of ketones is 1. The second-order valence-electron chi connectivity index (χ2n) is 5.20. The van der Waals surface area contributed by atoms with Crippen molar-refractivity contribution in [1.29, 1.82) is 0 Å². The summed E-state index contributed by atoms with van der Waals surface area (Å²) in [6.45, 7) is 2.01. The number of hydrogen-bond donors (Lipinski definition) is 1. The van der Waals surface area contributed by atoms with Crippen molar-refractivity contribution in [2.24, 2.45) is 0 Å². The van der Waals surface area contributed by atoms with Crippen LogP contribution >= 0.6 is 0 Å². The number of anilines is 1. The van der Waals surface area contributed by atoms with E-state index < -0.39 is 6.10 Å². The molecule has 0 saturated carbocycles. The third kappa shape index (κ3) is 2.49. The van der Waals surface area contributed by atoms with Crippen molar-refractivity contribution in [1.82, 2.24) is 0 Å². The fourth-order valence-electron chi connectivity index (χ4n) is 2.58. The van der Waals surface area contributed by atoms with Crippen LogP contribution in [0.1, 0.15) is 40.9 Å². The summed E-state index contributed by atoms with van der Waals surface area (Å²) in [5.74, 6) is 0.138. The van der Waals surface area contributed by atoms with E-state index in [2.05, 4.69) is 0 Å². The Bertz CT molecular complexity index is 695. The lowest BCUT2D eigenvalue weighted by atomic mass is 9.94. The molecule has 3 nitrogen and oxygen atoms in total. The van der Waals surface area contributed by atoms with Gasteiger partial charge in [0.2, 0.25) is 0 Å². The Balaban J connectivity index is 1.99. The molecule has 1 aliphatic rings. The van der Waals surface area contributed by atoms with Crippen LogP contribution < -0.4 is 10.5 Å². The molecule has 2 aromatic rings. The number of rotatable bonds is 2. The fourth-order valence-corrected chi connectivity index (χ4v) is 2.58. The highest BCUT2D eigenvalue weighted by molar-refractivity contribution is 6.01. The first kappa shape index (κ1) is 13.6. The molecule has 0 amide bonds. The number of hydrogen-bond acceptors (Lipinski definition) is 3. The lowest BCUT2D eigenvalue weighted by Gasteiger charge is -2.27. The van der Waals surface area contributed by atoms with Crippen LogP contribution in [0, 0.1) is 5.82 Å². The number of halogens is 1. The van der Waals surface area contributed by atoms with Crippen LogP contribution in [0.5, 0.6) is 5.75 Å². The lowest BCUT2D eigenvalue weighted by Crippen LogP contribution is -2.21. The number of carbonyl (C=O) groups excluding carboxylic acids is 1. The van der Waals surface area contributed by atoms with Crippen molar-refractivity contribution >= 4 is 11.5 Å². The molecular formula is C17H16FNO2. The molecule has 0 saturated heterocycles. The van der Waals surface area contributed by atoms with Gasteiger partial charge in [0.1, 0.15) is 11.9 Å². The molecule has 0 aliphatic carbocycles. The van der Waals surface area contributed by atoms with Gasteiger partial charge in [0, 0.05) is 0 Å². The predicted molar refractivity (Wildman–Crippen MR) is 78.9 cm³/mol. The standard InChI is InChI=1S/C17H16FNO2/c1-2-10-7-13-15(20)9-16(21-17(13)14(19)8-10)11-3-5-12(18)6-4-11/h3-8,16H,2,9,19H2,1H3. The zero-order valence-electron chi connectivity index (χ0n) is 11.7. The van der Waals surface area contributed by atoms with Gasteiger partial charge in [-0.25, -0.2) is 4.39 Å². The van der Waals surface area contributed by atoms with Crippen molar-refractivity contribution in [3.05, 3.63) is 58.9 Å². The van der Waals surface area contributed by atoms with Gasteiger partial charge < -0.3 is 10.5 Å². The molecule has 1 aliphatic heterocycles. The van der Waals surface area contributed by atoms with Crippen LogP contribution in [0.15, 0.2) is 36.4 Å². The summed E-state index contributed by atoms with van der Waals surface area (Å²) < 4.78 is 18.9. The topological polar surface area (TPSA) is 52.3 Å². The van der Waals surface area contributed by atoms with Gasteiger partial charge in [-0.3, -0.25) is 4.79 Å². The second-order valence-corrected chi connectivity index (χ2v) is 5.20. The third-order valence-electron chi connectivity index (χ3n) is 3.76. The van der Waals surface area contributed by atoms with Crippen LogP contribution in [0.3, 0.4) is 0 Å². The largest absolute Gasteiger partial charge is 0.482 e. The summed E-state index contributed by atoms with van der Waals surface area (Å²) in [6.07, 6.45) is 0.637. The normalized spacial score (nSPS) is 17.2. The number of carbonyl (C=O) groups is 1. The average Bonchev–Trinajstić information content (AvgIpc) is 2.48. The highest BCUT2D eigenvalue weighted by Crippen LogP contribution is 2.39. The Kier molecular flexibility index (Phi) is 3.37. The summed E-state index contributed by atoms with van der Waals surface area (Å²) >= 11 is 0. The highest BCUT2D eigenvalue weighted by atomic mass is 19.1. The van der Waals surface area contributed by atoms with E-state index in [4.69, 9.17) is 10.5 Å². The van der Waals surface area contributed by atoms with Gasteiger partial charge in [0.25, 0.3) is 0 Å². The summed E-state index contributed by atoms with van der Waals surface area (Å²) in [5, 5.41) is 0. The van der Waals surface area contributed by atoms with Gasteiger partial charge >= 0.3 is 0 Å². The zero-order valence-corrected chi connectivity index (χ0v) is 11.7. The predicted octanol–water partition coefficient (Wildman–Crippen LogP) is 3.68. The van der Waals surface area contributed by atoms with Crippen LogP contribution in [-0.4, -0.2) is 5.78 Å². The van der Waals surface area contributed by atoms with Gasteiger partial charge in [0.05, 0.1) is 17.7 Å². The van der Waals surface area contributed by atoms with E-state index in [-0.39, 0.29) is 18.0 Å². The number of aryl methyl sites for hydroxylation is 1. The van der Waals surface area contributed by atoms with Gasteiger partial charge in [-0.1, -0.05) is 19.1 Å². The summed E-state index contributed by atoms with van der Waals surface area (Å²) in [4.78, 5) is 12.3. The van der Waals surface area contributed by atoms with Crippen molar-refractivity contribution in [2.75, 3.05) is 5.73 Å². The molecule has 0 bridgehead atoms. The van der Waals surface area contributed by atoms with Gasteiger partial charge in [-0.2, -0.15) is 0 Å². The molecule has 1 atom stereocenters. The minimum absolute atomic E-state index is 0.00701. The fraction of sp³-hybridized carbons (Fsp3) is 0.235. The minimum atomic E-state index is -0.416. The smallest absolute Gasteiger partial charge is 0.170 e. The monoisotopic (exact) mass is 285 g/mol. The van der Waals surface area contributed by atoms with Gasteiger partial charge in [0.15, 0.2) is 11.5 Å². The number of nitrogen functional groups attached to an aromatic ring is 1. The maximum absolute atomic E-state index is 13.0. The van der Waals surface area contributed by atoms with Crippen LogP contribution in [0.4, 0.5) is 10.1 Å². The number of nitrogens with two attached hydrogens (primary N) is 1. The van der Waals surface area contributed by atoms with E-state index in [1.165, 1.54) is 12.1 Å². The minimum Gasteiger partial charge on any atom is -0.482 e. The summed E-state index contributed by atoms with van der Waals surface area (Å²) in [7, 11) is 0. The van der Waals surface area contributed by atoms with E-state index >= 15 is 0 Å². The molecule has 108 valence electrons. The van der Waals surface area contributed by atoms with Crippen molar-refractivity contribution in [3.63, 3.8) is 0 Å².